The molecule has 3 rings (SSSR count). The van der Waals surface area contributed by atoms with E-state index >= 15 is 0 Å². The van der Waals surface area contributed by atoms with Crippen molar-refractivity contribution < 1.29 is 4.79 Å². The number of aromatic nitrogens is 4. The van der Waals surface area contributed by atoms with Crippen molar-refractivity contribution in [1.29, 1.82) is 5.26 Å². The lowest BCUT2D eigenvalue weighted by atomic mass is 10.0. The molecule has 0 aliphatic heterocycles. The fourth-order valence-corrected chi connectivity index (χ4v) is 3.02. The lowest BCUT2D eigenvalue weighted by molar-refractivity contribution is 0.0931. The Labute approximate surface area is 162 Å². The average Bonchev–Trinajstić information content (AvgIpc) is 3.26. The normalized spacial score (nSPS) is 11.8. The molecule has 0 radical (unpaired) electrons. The Kier molecular flexibility index (Phi) is 5.28. The number of hydrogen-bond donors (Lipinski definition) is 1. The lowest BCUT2D eigenvalue weighted by Crippen LogP contribution is -2.36. The first-order valence-corrected chi connectivity index (χ1v) is 8.78. The second kappa shape index (κ2) is 7.64. The van der Waals surface area contributed by atoms with Gasteiger partial charge in [-0.15, -0.1) is 0 Å². The Morgan fingerprint density at radius 3 is 2.85 bits per heavy atom. The minimum absolute atomic E-state index is 0.127. The number of aryl methyl sites for hydroxylation is 1. The molecule has 138 valence electrons. The molecule has 0 aliphatic carbocycles. The highest BCUT2D eigenvalue weighted by Crippen LogP contribution is 2.29. The lowest BCUT2D eigenvalue weighted by Gasteiger charge is -2.13. The van der Waals surface area contributed by atoms with E-state index in [1.54, 1.807) is 27.8 Å². The minimum atomic E-state index is -0.217. The van der Waals surface area contributed by atoms with Crippen molar-refractivity contribution >= 4 is 17.5 Å². The summed E-state index contributed by atoms with van der Waals surface area (Å²) in [5, 5.41) is 17.0. The number of nitriles is 1. The number of carbonyl (C=O) groups is 1. The maximum atomic E-state index is 12.2. The summed E-state index contributed by atoms with van der Waals surface area (Å²) >= 11 is 6.24. The number of nitrogens with one attached hydrogen (secondary N) is 1. The number of hydrogen-bond acceptors (Lipinski definition) is 4. The highest BCUT2D eigenvalue weighted by Gasteiger charge is 2.15. The molecule has 0 saturated heterocycles. The quantitative estimate of drug-likeness (QED) is 0.734. The van der Waals surface area contributed by atoms with Gasteiger partial charge in [-0.3, -0.25) is 9.48 Å². The summed E-state index contributed by atoms with van der Waals surface area (Å²) in [5.74, 6) is -0.217. The van der Waals surface area contributed by atoms with Gasteiger partial charge in [-0.2, -0.15) is 10.4 Å². The van der Waals surface area contributed by atoms with Crippen LogP contribution in [-0.4, -0.2) is 31.3 Å². The van der Waals surface area contributed by atoms with Crippen LogP contribution in [0.4, 0.5) is 0 Å². The fourth-order valence-electron chi connectivity index (χ4n) is 2.81. The molecule has 0 spiro atoms. The number of rotatable bonds is 5. The molecular formula is C19H19ClN6O. The van der Waals surface area contributed by atoms with E-state index in [0.717, 1.165) is 16.8 Å². The standard InChI is InChI=1S/C19H19ClN6O/c1-12(23-19(27)17-10-25(3)11-22-17)9-26-7-6-16(24-26)15-5-4-14(8-21)18(20)13(15)2/h4-7,10-12H,9H2,1-3H3,(H,23,27)/t12-/m0/s1. The molecule has 0 unspecified atom stereocenters. The van der Waals surface area contributed by atoms with E-state index in [-0.39, 0.29) is 11.9 Å². The van der Waals surface area contributed by atoms with Crippen LogP contribution in [0.2, 0.25) is 5.02 Å². The van der Waals surface area contributed by atoms with Gasteiger partial charge in [-0.05, 0) is 31.5 Å². The first-order valence-electron chi connectivity index (χ1n) is 8.41. The van der Waals surface area contributed by atoms with E-state index in [0.29, 0.717) is 22.8 Å². The van der Waals surface area contributed by atoms with Crippen LogP contribution in [-0.2, 0) is 13.6 Å². The minimum Gasteiger partial charge on any atom is -0.346 e. The maximum Gasteiger partial charge on any atom is 0.271 e. The summed E-state index contributed by atoms with van der Waals surface area (Å²) < 4.78 is 3.49. The third-order valence-electron chi connectivity index (χ3n) is 4.20. The van der Waals surface area contributed by atoms with Crippen LogP contribution in [0.5, 0.6) is 0 Å². The zero-order valence-electron chi connectivity index (χ0n) is 15.3. The molecule has 1 N–H and O–H groups in total. The summed E-state index contributed by atoms with van der Waals surface area (Å²) in [7, 11) is 1.82. The van der Waals surface area contributed by atoms with E-state index in [2.05, 4.69) is 21.5 Å². The van der Waals surface area contributed by atoms with Gasteiger partial charge in [0.1, 0.15) is 11.8 Å². The Bertz CT molecular complexity index is 1030. The molecule has 0 bridgehead atoms. The average molecular weight is 383 g/mol. The Morgan fingerprint density at radius 1 is 1.41 bits per heavy atom. The van der Waals surface area contributed by atoms with Crippen LogP contribution < -0.4 is 5.32 Å². The van der Waals surface area contributed by atoms with Gasteiger partial charge in [0, 0.05) is 31.0 Å². The summed E-state index contributed by atoms with van der Waals surface area (Å²) in [6, 6.07) is 7.37. The molecular weight excluding hydrogens is 364 g/mol. The van der Waals surface area contributed by atoms with Crippen molar-refractivity contribution in [2.24, 2.45) is 7.05 Å². The van der Waals surface area contributed by atoms with Gasteiger partial charge in [0.25, 0.3) is 5.91 Å². The predicted molar refractivity (Wildman–Crippen MR) is 102 cm³/mol. The van der Waals surface area contributed by atoms with E-state index in [4.69, 9.17) is 16.9 Å². The molecule has 2 heterocycles. The summed E-state index contributed by atoms with van der Waals surface area (Å²) in [5.41, 5.74) is 3.29. The van der Waals surface area contributed by atoms with Gasteiger partial charge in [-0.25, -0.2) is 4.98 Å². The SMILES string of the molecule is Cc1c(-c2ccn(C[C@H](C)NC(=O)c3cn(C)cn3)n2)ccc(C#N)c1Cl. The van der Waals surface area contributed by atoms with Gasteiger partial charge < -0.3 is 9.88 Å². The van der Waals surface area contributed by atoms with E-state index < -0.39 is 0 Å². The Hall–Kier alpha value is -3.11. The highest BCUT2D eigenvalue weighted by molar-refractivity contribution is 6.32. The van der Waals surface area contributed by atoms with Crippen LogP contribution in [0.15, 0.2) is 36.9 Å². The monoisotopic (exact) mass is 382 g/mol. The zero-order valence-corrected chi connectivity index (χ0v) is 16.0. The second-order valence-electron chi connectivity index (χ2n) is 6.43. The molecule has 27 heavy (non-hydrogen) atoms. The molecule has 1 aromatic carbocycles. The first kappa shape index (κ1) is 18.7. The number of imidazole rings is 1. The Morgan fingerprint density at radius 2 is 2.19 bits per heavy atom. The third kappa shape index (κ3) is 4.01. The van der Waals surface area contributed by atoms with Crippen molar-refractivity contribution in [3.63, 3.8) is 0 Å². The van der Waals surface area contributed by atoms with Gasteiger partial charge in [-0.1, -0.05) is 17.7 Å². The number of benzene rings is 1. The van der Waals surface area contributed by atoms with Gasteiger partial charge in [0.15, 0.2) is 0 Å². The van der Waals surface area contributed by atoms with Crippen molar-refractivity contribution in [2.75, 3.05) is 0 Å². The van der Waals surface area contributed by atoms with E-state index in [9.17, 15) is 4.79 Å². The molecule has 0 aliphatic rings. The molecule has 0 fully saturated rings. The zero-order chi connectivity index (χ0) is 19.6. The summed E-state index contributed by atoms with van der Waals surface area (Å²) in [6.07, 6.45) is 5.11. The van der Waals surface area contributed by atoms with Gasteiger partial charge in [0.05, 0.1) is 29.2 Å². The van der Waals surface area contributed by atoms with Crippen LogP contribution in [0.25, 0.3) is 11.3 Å². The number of halogens is 1. The van der Waals surface area contributed by atoms with Crippen LogP contribution in [0.1, 0.15) is 28.5 Å². The largest absolute Gasteiger partial charge is 0.346 e. The van der Waals surface area contributed by atoms with E-state index in [1.165, 1.54) is 0 Å². The van der Waals surface area contributed by atoms with Crippen molar-refractivity contribution in [3.05, 3.63) is 58.8 Å². The first-order chi connectivity index (χ1) is 12.9. The van der Waals surface area contributed by atoms with Gasteiger partial charge in [0.2, 0.25) is 0 Å². The Balaban J connectivity index is 1.70. The van der Waals surface area contributed by atoms with Crippen LogP contribution in [0.3, 0.4) is 0 Å². The van der Waals surface area contributed by atoms with Crippen molar-refractivity contribution in [2.45, 2.75) is 26.4 Å². The second-order valence-corrected chi connectivity index (χ2v) is 6.81. The number of carbonyl (C=O) groups excluding carboxylic acids is 1. The molecule has 1 amide bonds. The number of nitrogens with zero attached hydrogens (tertiary/aromatic N) is 5. The smallest absolute Gasteiger partial charge is 0.271 e. The van der Waals surface area contributed by atoms with Gasteiger partial charge >= 0.3 is 0 Å². The summed E-state index contributed by atoms with van der Waals surface area (Å²) in [6.45, 7) is 4.29. The van der Waals surface area contributed by atoms with Crippen LogP contribution >= 0.6 is 11.6 Å². The maximum absolute atomic E-state index is 12.2. The predicted octanol–water partition coefficient (Wildman–Crippen LogP) is 2.94. The molecule has 3 aromatic rings. The molecule has 2 aromatic heterocycles. The van der Waals surface area contributed by atoms with E-state index in [1.807, 2.05) is 39.2 Å². The molecule has 7 nitrogen and oxygen atoms in total. The fraction of sp³-hybridized carbons (Fsp3) is 0.263. The van der Waals surface area contributed by atoms with Crippen molar-refractivity contribution in [3.8, 4) is 17.3 Å². The summed E-state index contributed by atoms with van der Waals surface area (Å²) in [4.78, 5) is 16.2. The molecule has 1 atom stereocenters. The molecule has 8 heteroatoms. The number of amides is 1. The third-order valence-corrected chi connectivity index (χ3v) is 4.69. The highest BCUT2D eigenvalue weighted by atomic mass is 35.5. The van der Waals surface area contributed by atoms with Crippen LogP contribution in [0, 0.1) is 18.3 Å². The van der Waals surface area contributed by atoms with Crippen molar-refractivity contribution in [1.82, 2.24) is 24.6 Å². The topological polar surface area (TPSA) is 88.5 Å². The molecule has 0 saturated carbocycles.